The highest BCUT2D eigenvalue weighted by atomic mass is 35.5. The zero-order valence-corrected chi connectivity index (χ0v) is 15.2. The van der Waals surface area contributed by atoms with E-state index in [1.54, 1.807) is 24.3 Å². The molecule has 2 saturated heterocycles. The van der Waals surface area contributed by atoms with Gasteiger partial charge in [0, 0.05) is 50.0 Å². The lowest BCUT2D eigenvalue weighted by atomic mass is 10.3. The fourth-order valence-corrected chi connectivity index (χ4v) is 3.45. The van der Waals surface area contributed by atoms with Crippen LogP contribution in [0.15, 0.2) is 24.3 Å². The van der Waals surface area contributed by atoms with Gasteiger partial charge in [-0.3, -0.25) is 9.69 Å². The van der Waals surface area contributed by atoms with E-state index < -0.39 is 0 Å². The third kappa shape index (κ3) is 5.09. The van der Waals surface area contributed by atoms with Crippen LogP contribution in [0.5, 0.6) is 0 Å². The van der Waals surface area contributed by atoms with Crippen molar-refractivity contribution in [3.63, 3.8) is 0 Å². The molecule has 2 fully saturated rings. The minimum Gasteiger partial charge on any atom is -0.342 e. The summed E-state index contributed by atoms with van der Waals surface area (Å²) in [5, 5.41) is 3.55. The number of anilines is 1. The summed E-state index contributed by atoms with van der Waals surface area (Å²) in [7, 11) is 0. The van der Waals surface area contributed by atoms with Gasteiger partial charge >= 0.3 is 6.03 Å². The predicted octanol–water partition coefficient (Wildman–Crippen LogP) is 2.50. The second-order valence-electron chi connectivity index (χ2n) is 6.64. The van der Waals surface area contributed by atoms with Crippen molar-refractivity contribution < 1.29 is 9.59 Å². The Hall–Kier alpha value is -1.79. The largest absolute Gasteiger partial charge is 0.342 e. The molecule has 6 nitrogen and oxygen atoms in total. The summed E-state index contributed by atoms with van der Waals surface area (Å²) < 4.78 is 0. The molecule has 25 heavy (non-hydrogen) atoms. The van der Waals surface area contributed by atoms with Crippen molar-refractivity contribution >= 4 is 29.2 Å². The van der Waals surface area contributed by atoms with Crippen molar-refractivity contribution in [1.82, 2.24) is 14.7 Å². The Morgan fingerprint density at radius 1 is 0.880 bits per heavy atom. The van der Waals surface area contributed by atoms with Crippen LogP contribution in [0.2, 0.25) is 5.02 Å². The monoisotopic (exact) mass is 364 g/mol. The Balaban J connectivity index is 1.48. The number of carbonyl (C=O) groups is 2. The number of nitrogens with zero attached hydrogens (tertiary/aromatic N) is 3. The summed E-state index contributed by atoms with van der Waals surface area (Å²) in [5.74, 6) is 0.219. The topological polar surface area (TPSA) is 55.9 Å². The zero-order chi connectivity index (χ0) is 17.6. The second kappa shape index (κ2) is 8.54. The van der Waals surface area contributed by atoms with Gasteiger partial charge < -0.3 is 15.1 Å². The van der Waals surface area contributed by atoms with E-state index in [0.717, 1.165) is 51.1 Å². The highest BCUT2D eigenvalue weighted by Gasteiger charge is 2.23. The predicted molar refractivity (Wildman–Crippen MR) is 98.9 cm³/mol. The van der Waals surface area contributed by atoms with E-state index in [0.29, 0.717) is 24.7 Å². The van der Waals surface area contributed by atoms with Crippen LogP contribution in [0.1, 0.15) is 19.3 Å². The summed E-state index contributed by atoms with van der Waals surface area (Å²) in [6.45, 7) is 5.16. The minimum atomic E-state index is -0.102. The molecule has 3 amide bonds. The van der Waals surface area contributed by atoms with Crippen molar-refractivity contribution in [3.05, 3.63) is 29.3 Å². The van der Waals surface area contributed by atoms with E-state index in [4.69, 9.17) is 11.6 Å². The van der Waals surface area contributed by atoms with Gasteiger partial charge in [-0.05, 0) is 43.5 Å². The van der Waals surface area contributed by atoms with Crippen LogP contribution in [-0.2, 0) is 4.79 Å². The molecule has 1 aromatic carbocycles. The third-order valence-electron chi connectivity index (χ3n) is 4.79. The lowest BCUT2D eigenvalue weighted by Gasteiger charge is -2.24. The maximum Gasteiger partial charge on any atom is 0.321 e. The fourth-order valence-electron chi connectivity index (χ4n) is 3.33. The van der Waals surface area contributed by atoms with Crippen LogP contribution in [0.4, 0.5) is 10.5 Å². The Kier molecular flexibility index (Phi) is 6.15. The molecule has 2 aliphatic heterocycles. The van der Waals surface area contributed by atoms with Gasteiger partial charge in [0.2, 0.25) is 5.91 Å². The molecule has 0 saturated carbocycles. The van der Waals surface area contributed by atoms with Crippen LogP contribution in [0, 0.1) is 0 Å². The molecular weight excluding hydrogens is 340 g/mol. The summed E-state index contributed by atoms with van der Waals surface area (Å²) in [6, 6.07) is 6.99. The Labute approximate surface area is 153 Å². The van der Waals surface area contributed by atoms with Gasteiger partial charge in [0.15, 0.2) is 0 Å². The third-order valence-corrected chi connectivity index (χ3v) is 5.04. The summed E-state index contributed by atoms with van der Waals surface area (Å²) in [4.78, 5) is 30.7. The SMILES string of the molecule is O=C(CN1CCCN(C(=O)Nc2ccc(Cl)cc2)CC1)N1CCCC1. The van der Waals surface area contributed by atoms with Gasteiger partial charge in [0.05, 0.1) is 6.54 Å². The van der Waals surface area contributed by atoms with Gasteiger partial charge in [0.25, 0.3) is 0 Å². The quantitative estimate of drug-likeness (QED) is 0.896. The number of hydrogen-bond donors (Lipinski definition) is 1. The van der Waals surface area contributed by atoms with E-state index in [-0.39, 0.29) is 11.9 Å². The van der Waals surface area contributed by atoms with Gasteiger partial charge in [0.1, 0.15) is 0 Å². The fraction of sp³-hybridized carbons (Fsp3) is 0.556. The average molecular weight is 365 g/mol. The first-order valence-electron chi connectivity index (χ1n) is 8.93. The normalized spacial score (nSPS) is 18.9. The first-order valence-corrected chi connectivity index (χ1v) is 9.31. The lowest BCUT2D eigenvalue weighted by molar-refractivity contribution is -0.131. The maximum absolute atomic E-state index is 12.4. The lowest BCUT2D eigenvalue weighted by Crippen LogP contribution is -2.41. The standard InChI is InChI=1S/C18H25ClN4O2/c19-15-4-6-16(7-5-15)20-18(25)23-11-3-8-21(12-13-23)14-17(24)22-9-1-2-10-22/h4-7H,1-3,8-14H2,(H,20,25). The Morgan fingerprint density at radius 3 is 2.28 bits per heavy atom. The number of urea groups is 1. The number of likely N-dealkylation sites (tertiary alicyclic amines) is 1. The number of benzene rings is 1. The van der Waals surface area contributed by atoms with E-state index in [9.17, 15) is 9.59 Å². The molecule has 1 aromatic rings. The van der Waals surface area contributed by atoms with Crippen LogP contribution >= 0.6 is 11.6 Å². The molecule has 3 rings (SSSR count). The first-order chi connectivity index (χ1) is 12.1. The molecular formula is C18H25ClN4O2. The van der Waals surface area contributed by atoms with Crippen molar-refractivity contribution in [3.8, 4) is 0 Å². The van der Waals surface area contributed by atoms with Crippen LogP contribution in [0.25, 0.3) is 0 Å². The number of carbonyl (C=O) groups excluding carboxylic acids is 2. The molecule has 0 atom stereocenters. The molecule has 1 N–H and O–H groups in total. The molecule has 7 heteroatoms. The number of halogens is 1. The van der Waals surface area contributed by atoms with Crippen molar-refractivity contribution in [2.24, 2.45) is 0 Å². The smallest absolute Gasteiger partial charge is 0.321 e. The van der Waals surface area contributed by atoms with Gasteiger partial charge in [-0.1, -0.05) is 11.6 Å². The average Bonchev–Trinajstić information content (AvgIpc) is 3.04. The Morgan fingerprint density at radius 2 is 1.56 bits per heavy atom. The second-order valence-corrected chi connectivity index (χ2v) is 7.08. The summed E-state index contributed by atoms with van der Waals surface area (Å²) in [6.07, 6.45) is 3.11. The van der Waals surface area contributed by atoms with Crippen molar-refractivity contribution in [2.75, 3.05) is 51.1 Å². The molecule has 0 aromatic heterocycles. The number of rotatable bonds is 3. The molecule has 0 radical (unpaired) electrons. The van der Waals surface area contributed by atoms with E-state index in [1.165, 1.54) is 0 Å². The summed E-state index contributed by atoms with van der Waals surface area (Å²) in [5.41, 5.74) is 0.736. The molecule has 0 bridgehead atoms. The number of nitrogens with one attached hydrogen (secondary N) is 1. The maximum atomic E-state index is 12.4. The highest BCUT2D eigenvalue weighted by molar-refractivity contribution is 6.30. The highest BCUT2D eigenvalue weighted by Crippen LogP contribution is 2.15. The van der Waals surface area contributed by atoms with Crippen LogP contribution < -0.4 is 5.32 Å². The van der Waals surface area contributed by atoms with Gasteiger partial charge in [-0.2, -0.15) is 0 Å². The minimum absolute atomic E-state index is 0.102. The molecule has 136 valence electrons. The van der Waals surface area contributed by atoms with Gasteiger partial charge in [-0.25, -0.2) is 4.79 Å². The van der Waals surface area contributed by atoms with Crippen LogP contribution in [0.3, 0.4) is 0 Å². The molecule has 0 spiro atoms. The van der Waals surface area contributed by atoms with E-state index in [1.807, 2.05) is 9.80 Å². The molecule has 0 unspecified atom stereocenters. The summed E-state index contributed by atoms with van der Waals surface area (Å²) >= 11 is 5.86. The Bertz CT molecular complexity index is 602. The first kappa shape index (κ1) is 18.0. The van der Waals surface area contributed by atoms with E-state index >= 15 is 0 Å². The number of amides is 3. The molecule has 0 aliphatic carbocycles. The van der Waals surface area contributed by atoms with E-state index in [2.05, 4.69) is 10.2 Å². The molecule has 2 heterocycles. The zero-order valence-electron chi connectivity index (χ0n) is 14.4. The van der Waals surface area contributed by atoms with Crippen LogP contribution in [-0.4, -0.2) is 72.5 Å². The van der Waals surface area contributed by atoms with Gasteiger partial charge in [-0.15, -0.1) is 0 Å². The number of hydrogen-bond acceptors (Lipinski definition) is 3. The van der Waals surface area contributed by atoms with Crippen molar-refractivity contribution in [2.45, 2.75) is 19.3 Å². The van der Waals surface area contributed by atoms with Crippen molar-refractivity contribution in [1.29, 1.82) is 0 Å². The molecule has 2 aliphatic rings.